The molecule has 1 saturated heterocycles. The zero-order valence-electron chi connectivity index (χ0n) is 21.6. The van der Waals surface area contributed by atoms with Crippen LogP contribution in [-0.4, -0.2) is 59.5 Å². The minimum Gasteiger partial charge on any atom is -0.467 e. The van der Waals surface area contributed by atoms with Gasteiger partial charge in [-0.15, -0.1) is 0 Å². The summed E-state index contributed by atoms with van der Waals surface area (Å²) < 4.78 is 4.82. The minimum absolute atomic E-state index is 0.0107. The highest BCUT2D eigenvalue weighted by Gasteiger charge is 2.62. The van der Waals surface area contributed by atoms with Gasteiger partial charge in [-0.1, -0.05) is 30.7 Å². The van der Waals surface area contributed by atoms with Crippen LogP contribution in [0.4, 0.5) is 0 Å². The number of nitrogens with zero attached hydrogens (tertiary/aromatic N) is 2. The van der Waals surface area contributed by atoms with Gasteiger partial charge in [0.1, 0.15) is 11.8 Å². The highest BCUT2D eigenvalue weighted by atomic mass is 16.6. The maximum absolute atomic E-state index is 12.6. The average Bonchev–Trinajstić information content (AvgIpc) is 3.41. The molecule has 7 heteroatoms. The molecule has 0 aromatic carbocycles. The van der Waals surface area contributed by atoms with Crippen LogP contribution in [0.3, 0.4) is 0 Å². The lowest BCUT2D eigenvalue weighted by atomic mass is 9.47. The number of likely N-dealkylation sites (tertiary alicyclic amines) is 1. The molecule has 3 saturated carbocycles. The fourth-order valence-electron chi connectivity index (χ4n) is 8.20. The summed E-state index contributed by atoms with van der Waals surface area (Å²) in [5.41, 5.74) is 1.62. The van der Waals surface area contributed by atoms with Crippen molar-refractivity contribution in [3.8, 4) is 0 Å². The number of ether oxygens (including phenoxy) is 1. The second-order valence-corrected chi connectivity index (χ2v) is 12.0. The Morgan fingerprint density at radius 2 is 1.91 bits per heavy atom. The maximum Gasteiger partial charge on any atom is 0.328 e. The van der Waals surface area contributed by atoms with Gasteiger partial charge in [0.05, 0.1) is 12.7 Å². The fraction of sp³-hybridized carbons (Fsp3) is 0.750. The molecule has 7 atom stereocenters. The van der Waals surface area contributed by atoms with Gasteiger partial charge in [0.2, 0.25) is 0 Å². The van der Waals surface area contributed by atoms with E-state index in [0.717, 1.165) is 50.7 Å². The summed E-state index contributed by atoms with van der Waals surface area (Å²) in [6.45, 7) is 7.10. The van der Waals surface area contributed by atoms with Gasteiger partial charge in [0.15, 0.2) is 6.61 Å². The Morgan fingerprint density at radius 3 is 2.69 bits per heavy atom. The fourth-order valence-corrected chi connectivity index (χ4v) is 8.20. The minimum atomic E-state index is -0.553. The Morgan fingerprint density at radius 1 is 1.14 bits per heavy atom. The van der Waals surface area contributed by atoms with E-state index in [1.165, 1.54) is 17.6 Å². The summed E-state index contributed by atoms with van der Waals surface area (Å²) >= 11 is 0. The lowest BCUT2D eigenvalue weighted by Crippen LogP contribution is -2.53. The van der Waals surface area contributed by atoms with Crippen molar-refractivity contribution in [1.29, 1.82) is 0 Å². The molecule has 35 heavy (non-hydrogen) atoms. The molecule has 0 radical (unpaired) electrons. The van der Waals surface area contributed by atoms with Gasteiger partial charge in [-0.3, -0.25) is 4.79 Å². The van der Waals surface area contributed by atoms with Crippen LogP contribution in [-0.2, 0) is 19.2 Å². The van der Waals surface area contributed by atoms with E-state index >= 15 is 0 Å². The molecule has 1 N–H and O–H groups in total. The second kappa shape index (κ2) is 8.75. The molecular weight excluding hydrogens is 444 g/mol. The predicted octanol–water partition coefficient (Wildman–Crippen LogP) is 4.01. The van der Waals surface area contributed by atoms with Gasteiger partial charge >= 0.3 is 5.97 Å². The number of aliphatic hydroxyl groups is 1. The first-order valence-corrected chi connectivity index (χ1v) is 13.3. The molecule has 4 aliphatic carbocycles. The van der Waals surface area contributed by atoms with Crippen molar-refractivity contribution in [1.82, 2.24) is 4.90 Å². The van der Waals surface area contributed by atoms with Crippen LogP contribution < -0.4 is 0 Å². The molecule has 0 bridgehead atoms. The highest BCUT2D eigenvalue weighted by molar-refractivity contribution is 6.05. The smallest absolute Gasteiger partial charge is 0.328 e. The number of hydrogen-bond donors (Lipinski definition) is 1. The summed E-state index contributed by atoms with van der Waals surface area (Å²) in [6, 6.07) is -0.516. The quantitative estimate of drug-likeness (QED) is 0.481. The Hall–Kier alpha value is -2.15. The van der Waals surface area contributed by atoms with Gasteiger partial charge in [0, 0.05) is 12.0 Å². The van der Waals surface area contributed by atoms with Crippen LogP contribution in [0, 0.1) is 28.6 Å². The molecule has 1 unspecified atom stereocenters. The van der Waals surface area contributed by atoms with E-state index in [4.69, 9.17) is 9.57 Å². The monoisotopic (exact) mass is 484 g/mol. The molecule has 0 aromatic rings. The normalized spacial score (nSPS) is 43.3. The Bertz CT molecular complexity index is 984. The molecule has 192 valence electrons. The lowest BCUT2D eigenvalue weighted by Gasteiger charge is -2.58. The highest BCUT2D eigenvalue weighted by Crippen LogP contribution is 2.66. The van der Waals surface area contributed by atoms with Gasteiger partial charge in [-0.05, 0) is 93.6 Å². The molecule has 1 aliphatic heterocycles. The molecule has 1 heterocycles. The van der Waals surface area contributed by atoms with Crippen molar-refractivity contribution in [2.75, 3.05) is 20.3 Å². The molecule has 0 aromatic heterocycles. The second-order valence-electron chi connectivity index (χ2n) is 12.0. The van der Waals surface area contributed by atoms with Crippen LogP contribution in [0.2, 0.25) is 0 Å². The van der Waals surface area contributed by atoms with Gasteiger partial charge in [-0.25, -0.2) is 4.79 Å². The van der Waals surface area contributed by atoms with E-state index in [1.54, 1.807) is 0 Å². The molecule has 5 aliphatic rings. The number of oxime groups is 1. The van der Waals surface area contributed by atoms with Crippen LogP contribution in [0.1, 0.15) is 72.1 Å². The number of rotatable bonds is 4. The Labute approximate surface area is 208 Å². The zero-order chi connectivity index (χ0) is 25.0. The third-order valence-electron chi connectivity index (χ3n) is 10.5. The summed E-state index contributed by atoms with van der Waals surface area (Å²) in [7, 11) is 1.35. The number of methoxy groups -OCH3 is 1. The number of carbonyl (C=O) groups excluding carboxylic acids is 2. The van der Waals surface area contributed by atoms with E-state index in [2.05, 4.69) is 38.1 Å². The Kier molecular flexibility index (Phi) is 6.14. The predicted molar refractivity (Wildman–Crippen MR) is 132 cm³/mol. The standard InChI is InChI=1S/C28H40N2O5/c1-26-12-9-19(29-35-17-24(31)30-15-5-6-23(30)25(32)34-4)16-18(26)7-8-20-21(26)10-13-27(2)22(20)11-14-28(27,3)33/h9,12,16,20-23,33H,5-8,10-11,13-15,17H2,1-4H3/b29-19+/t20-,21+,22+,23?,26+,27+,28+/m1/s1. The molecule has 1 amide bonds. The molecule has 4 fully saturated rings. The van der Waals surface area contributed by atoms with Crippen molar-refractivity contribution >= 4 is 17.6 Å². The summed E-state index contributed by atoms with van der Waals surface area (Å²) in [5.74, 6) is 1.20. The van der Waals surface area contributed by atoms with E-state index in [9.17, 15) is 14.7 Å². The Balaban J connectivity index is 1.24. The largest absolute Gasteiger partial charge is 0.467 e. The first kappa shape index (κ1) is 24.5. The van der Waals surface area contributed by atoms with Crippen LogP contribution in [0.15, 0.2) is 29.0 Å². The average molecular weight is 485 g/mol. The third kappa shape index (κ3) is 3.85. The SMILES string of the molecule is COC(=O)C1CCCN1C(=O)CO/N=C1\C=C[C@@]2(C)C(=C1)CC[C@@H]1[C@@H]2CC[C@@]2(C)[C@H]1CC[C@]2(C)O. The van der Waals surface area contributed by atoms with Crippen molar-refractivity contribution in [3.63, 3.8) is 0 Å². The van der Waals surface area contributed by atoms with E-state index < -0.39 is 11.6 Å². The van der Waals surface area contributed by atoms with Crippen LogP contribution in [0.25, 0.3) is 0 Å². The van der Waals surface area contributed by atoms with Crippen molar-refractivity contribution in [3.05, 3.63) is 23.8 Å². The maximum atomic E-state index is 12.6. The molecule has 5 rings (SSSR count). The van der Waals surface area contributed by atoms with Crippen LogP contribution >= 0.6 is 0 Å². The van der Waals surface area contributed by atoms with Crippen molar-refractivity contribution in [2.45, 2.75) is 83.8 Å². The van der Waals surface area contributed by atoms with Crippen molar-refractivity contribution < 1.29 is 24.3 Å². The lowest BCUT2D eigenvalue weighted by molar-refractivity contribution is -0.152. The number of fused-ring (bicyclic) bond motifs is 5. The topological polar surface area (TPSA) is 88.4 Å². The molecule has 0 spiro atoms. The number of amides is 1. The number of esters is 1. The van der Waals surface area contributed by atoms with Crippen molar-refractivity contribution in [2.24, 2.45) is 33.7 Å². The van der Waals surface area contributed by atoms with Gasteiger partial charge in [0.25, 0.3) is 5.91 Å². The van der Waals surface area contributed by atoms with E-state index in [0.29, 0.717) is 30.7 Å². The van der Waals surface area contributed by atoms with E-state index in [-0.39, 0.29) is 29.3 Å². The van der Waals surface area contributed by atoms with Gasteiger partial charge in [-0.2, -0.15) is 0 Å². The number of carbonyl (C=O) groups is 2. The molecular formula is C28H40N2O5. The summed E-state index contributed by atoms with van der Waals surface area (Å²) in [5, 5.41) is 15.4. The first-order valence-electron chi connectivity index (χ1n) is 13.3. The molecule has 7 nitrogen and oxygen atoms in total. The first-order chi connectivity index (χ1) is 16.6. The summed E-state index contributed by atoms with van der Waals surface area (Å²) in [6.07, 6.45) is 14.3. The third-order valence-corrected chi connectivity index (χ3v) is 10.5. The summed E-state index contributed by atoms with van der Waals surface area (Å²) in [4.78, 5) is 31.5. The zero-order valence-corrected chi connectivity index (χ0v) is 21.6. The van der Waals surface area contributed by atoms with Gasteiger partial charge < -0.3 is 19.6 Å². The number of allylic oxidation sites excluding steroid dienone is 4. The number of hydrogen-bond acceptors (Lipinski definition) is 6. The van der Waals surface area contributed by atoms with Crippen LogP contribution in [0.5, 0.6) is 0 Å². The van der Waals surface area contributed by atoms with E-state index in [1.807, 2.05) is 6.08 Å².